The van der Waals surface area contributed by atoms with Gasteiger partial charge in [-0.3, -0.25) is 4.79 Å². The number of carbonyl (C=O) groups is 3. The zero-order valence-corrected chi connectivity index (χ0v) is 25.4. The number of carboxylic acids is 1. The first-order chi connectivity index (χ1) is 18.8. The van der Waals surface area contributed by atoms with Gasteiger partial charge in [0.2, 0.25) is 5.91 Å². The van der Waals surface area contributed by atoms with E-state index < -0.39 is 17.7 Å². The first-order valence-electron chi connectivity index (χ1n) is 14.8. The number of carbonyl (C=O) groups excluding carboxylic acids is 2. The van der Waals surface area contributed by atoms with Crippen LogP contribution in [-0.2, 0) is 9.53 Å². The predicted octanol–water partition coefficient (Wildman–Crippen LogP) is 5.79. The fraction of sp³-hybridized carbons (Fsp3) is 0.710. The maximum absolute atomic E-state index is 14.1. The lowest BCUT2D eigenvalue weighted by Gasteiger charge is -2.39. The number of hydrogen-bond donors (Lipinski definition) is 3. The number of hydrogen-bond acceptors (Lipinski definition) is 6. The molecule has 1 aliphatic heterocycles. The van der Waals surface area contributed by atoms with Crippen LogP contribution in [0.4, 0.5) is 10.5 Å². The zero-order chi connectivity index (χ0) is 29.1. The molecule has 1 unspecified atom stereocenters. The molecule has 3 N–H and O–H groups in total. The molecule has 220 valence electrons. The molecule has 0 spiro atoms. The predicted molar refractivity (Wildman–Crippen MR) is 158 cm³/mol. The van der Waals surface area contributed by atoms with Crippen molar-refractivity contribution < 1.29 is 24.2 Å². The smallest absolute Gasteiger partial charge is 0.407 e. The lowest BCUT2D eigenvalue weighted by Crippen LogP contribution is -2.49. The fourth-order valence-electron chi connectivity index (χ4n) is 6.00. The Labute approximate surface area is 242 Å². The van der Waals surface area contributed by atoms with Crippen LogP contribution in [0.5, 0.6) is 0 Å². The van der Waals surface area contributed by atoms with Crippen LogP contribution < -0.4 is 15.5 Å². The third-order valence-electron chi connectivity index (χ3n) is 8.38. The Bertz CT molecular complexity index is 1140. The van der Waals surface area contributed by atoms with E-state index in [-0.39, 0.29) is 34.2 Å². The van der Waals surface area contributed by atoms with E-state index in [0.717, 1.165) is 50.0 Å². The summed E-state index contributed by atoms with van der Waals surface area (Å²) in [6.07, 6.45) is 6.82. The van der Waals surface area contributed by atoms with Gasteiger partial charge in [0, 0.05) is 36.4 Å². The number of anilines is 1. The van der Waals surface area contributed by atoms with Crippen LogP contribution in [0.3, 0.4) is 0 Å². The minimum atomic E-state index is -1.04. The summed E-state index contributed by atoms with van der Waals surface area (Å²) in [5.74, 6) is 5.84. The monoisotopic (exact) mass is 571 g/mol. The van der Waals surface area contributed by atoms with E-state index in [1.165, 1.54) is 0 Å². The fourth-order valence-corrected chi connectivity index (χ4v) is 6.84. The lowest BCUT2D eigenvalue weighted by atomic mass is 9.81. The van der Waals surface area contributed by atoms with Gasteiger partial charge in [0.1, 0.15) is 10.5 Å². The largest absolute Gasteiger partial charge is 0.477 e. The van der Waals surface area contributed by atoms with Crippen LogP contribution in [0.15, 0.2) is 6.07 Å². The van der Waals surface area contributed by atoms with Gasteiger partial charge in [0.15, 0.2) is 0 Å². The Morgan fingerprint density at radius 1 is 1.12 bits per heavy atom. The van der Waals surface area contributed by atoms with E-state index in [4.69, 9.17) is 4.74 Å². The summed E-state index contributed by atoms with van der Waals surface area (Å²) in [4.78, 5) is 41.7. The molecule has 1 aromatic heterocycles. The number of alkyl carbamates (subject to hydrolysis) is 1. The van der Waals surface area contributed by atoms with Crippen LogP contribution in [0.2, 0.25) is 0 Å². The molecular formula is C31H45N3O5S. The van der Waals surface area contributed by atoms with Crippen molar-refractivity contribution in [1.82, 2.24) is 10.6 Å². The Morgan fingerprint density at radius 3 is 2.38 bits per heavy atom. The number of aromatic carboxylic acids is 1. The second kappa shape index (κ2) is 12.5. The van der Waals surface area contributed by atoms with Crippen LogP contribution in [-0.4, -0.2) is 53.9 Å². The van der Waals surface area contributed by atoms with Gasteiger partial charge in [-0.05, 0) is 97.6 Å². The Hall–Kier alpha value is -2.57. The van der Waals surface area contributed by atoms with Gasteiger partial charge in [-0.2, -0.15) is 0 Å². The molecular weight excluding hydrogens is 526 g/mol. The highest BCUT2D eigenvalue weighted by Gasteiger charge is 2.38. The molecule has 3 aliphatic rings. The number of nitrogens with one attached hydrogen (secondary N) is 2. The van der Waals surface area contributed by atoms with Crippen molar-refractivity contribution in [2.24, 2.45) is 17.3 Å². The van der Waals surface area contributed by atoms with Crippen LogP contribution in [0.1, 0.15) is 107 Å². The van der Waals surface area contributed by atoms with Crippen LogP contribution in [0.25, 0.3) is 0 Å². The third-order valence-corrected chi connectivity index (χ3v) is 9.41. The van der Waals surface area contributed by atoms with E-state index >= 15 is 0 Å². The van der Waals surface area contributed by atoms with Crippen LogP contribution in [0, 0.1) is 29.1 Å². The Kier molecular flexibility index (Phi) is 9.51. The summed E-state index contributed by atoms with van der Waals surface area (Å²) in [5.41, 5.74) is -0.237. The Balaban J connectivity index is 1.53. The molecule has 1 aromatic rings. The third kappa shape index (κ3) is 7.79. The molecule has 0 radical (unpaired) electrons. The van der Waals surface area contributed by atoms with Gasteiger partial charge < -0.3 is 25.4 Å². The summed E-state index contributed by atoms with van der Waals surface area (Å²) in [6, 6.07) is 1.63. The van der Waals surface area contributed by atoms with Gasteiger partial charge in [-0.15, -0.1) is 11.3 Å². The summed E-state index contributed by atoms with van der Waals surface area (Å²) in [5, 5.41) is 16.4. The summed E-state index contributed by atoms with van der Waals surface area (Å²) in [7, 11) is 0. The van der Waals surface area contributed by atoms with E-state index in [0.29, 0.717) is 48.7 Å². The summed E-state index contributed by atoms with van der Waals surface area (Å²) in [6.45, 7) is 11.7. The number of rotatable bonds is 6. The van der Waals surface area contributed by atoms with Crippen molar-refractivity contribution >= 4 is 35.0 Å². The molecule has 2 amide bonds. The van der Waals surface area contributed by atoms with Gasteiger partial charge in [0.25, 0.3) is 0 Å². The quantitative estimate of drug-likeness (QED) is 0.373. The zero-order valence-electron chi connectivity index (χ0n) is 24.6. The maximum Gasteiger partial charge on any atom is 0.407 e. The summed E-state index contributed by atoms with van der Waals surface area (Å²) < 4.78 is 5.71. The second-order valence-corrected chi connectivity index (χ2v) is 14.3. The van der Waals surface area contributed by atoms with E-state index in [1.807, 2.05) is 27.7 Å². The SMILES string of the molecule is CC(C)(C)C#Cc1cc(N(C(=O)[C@H]2CC[C@H](C)CC2)[C@H]2CC[C@H](NC(=O)OC3(C)CCNC3)CC2)c(C(=O)O)s1. The average Bonchev–Trinajstić information content (AvgIpc) is 3.50. The molecule has 40 heavy (non-hydrogen) atoms. The van der Waals surface area contributed by atoms with Crippen molar-refractivity contribution in [3.63, 3.8) is 0 Å². The standard InChI is InChI=1S/C31H45N3O5S/c1-20-6-8-21(9-7-20)27(35)34(25-18-24(14-15-30(2,3)4)40-26(25)28(36)37)23-12-10-22(11-13-23)33-29(38)39-31(5)16-17-32-19-31/h18,20-23,32H,6-13,16-17,19H2,1-5H3,(H,33,38)(H,36,37)/t20-,21-,22-,23-,31?. The van der Waals surface area contributed by atoms with Crippen molar-refractivity contribution in [3.05, 3.63) is 15.8 Å². The van der Waals surface area contributed by atoms with E-state index in [9.17, 15) is 19.5 Å². The number of amides is 2. The van der Waals surface area contributed by atoms with Crippen LogP contribution >= 0.6 is 11.3 Å². The number of thiophene rings is 1. The molecule has 0 bridgehead atoms. The first kappa shape index (κ1) is 30.4. The Morgan fingerprint density at radius 2 is 1.80 bits per heavy atom. The first-order valence-corrected chi connectivity index (χ1v) is 15.6. The molecule has 2 aliphatic carbocycles. The number of carboxylic acid groups (broad SMARTS) is 1. The minimum absolute atomic E-state index is 0.0278. The average molecular weight is 572 g/mol. The van der Waals surface area contributed by atoms with Crippen molar-refractivity contribution in [2.45, 2.75) is 110 Å². The van der Waals surface area contributed by atoms with E-state index in [2.05, 4.69) is 29.4 Å². The lowest BCUT2D eigenvalue weighted by molar-refractivity contribution is -0.124. The molecule has 4 rings (SSSR count). The highest BCUT2D eigenvalue weighted by Crippen LogP contribution is 2.39. The molecule has 1 atom stereocenters. The minimum Gasteiger partial charge on any atom is -0.477 e. The molecule has 0 aromatic carbocycles. The van der Waals surface area contributed by atoms with Gasteiger partial charge in [0.05, 0.1) is 10.6 Å². The highest BCUT2D eigenvalue weighted by atomic mass is 32.1. The molecule has 1 saturated heterocycles. The van der Waals surface area contributed by atoms with Crippen molar-refractivity contribution in [3.8, 4) is 11.8 Å². The number of nitrogens with zero attached hydrogens (tertiary/aromatic N) is 1. The molecule has 8 nitrogen and oxygen atoms in total. The van der Waals surface area contributed by atoms with Gasteiger partial charge >= 0.3 is 12.1 Å². The second-order valence-electron chi connectivity index (χ2n) is 13.2. The molecule has 2 heterocycles. The summed E-state index contributed by atoms with van der Waals surface area (Å²) >= 11 is 1.14. The highest BCUT2D eigenvalue weighted by molar-refractivity contribution is 7.15. The van der Waals surface area contributed by atoms with Crippen molar-refractivity contribution in [1.29, 1.82) is 0 Å². The topological polar surface area (TPSA) is 108 Å². The van der Waals surface area contributed by atoms with Gasteiger partial charge in [-0.25, -0.2) is 9.59 Å². The number of ether oxygens (including phenoxy) is 1. The maximum atomic E-state index is 14.1. The van der Waals surface area contributed by atoms with Gasteiger partial charge in [-0.1, -0.05) is 18.8 Å². The molecule has 2 saturated carbocycles. The van der Waals surface area contributed by atoms with Crippen molar-refractivity contribution in [2.75, 3.05) is 18.0 Å². The molecule has 9 heteroatoms. The molecule has 3 fully saturated rings. The van der Waals surface area contributed by atoms with E-state index in [1.54, 1.807) is 11.0 Å². The normalized spacial score (nSPS) is 28.7.